The fourth-order valence-electron chi connectivity index (χ4n) is 1.15. The molecule has 0 amide bonds. The molecule has 0 heterocycles. The van der Waals surface area contributed by atoms with Crippen molar-refractivity contribution in [3.8, 4) is 0 Å². The van der Waals surface area contributed by atoms with Gasteiger partial charge in [-0.3, -0.25) is 0 Å². The van der Waals surface area contributed by atoms with E-state index >= 15 is 0 Å². The van der Waals surface area contributed by atoms with Gasteiger partial charge in [0.2, 0.25) is 0 Å². The van der Waals surface area contributed by atoms with Gasteiger partial charge >= 0.3 is 0 Å². The van der Waals surface area contributed by atoms with E-state index in [9.17, 15) is 8.78 Å². The molecule has 1 rings (SSSR count). The van der Waals surface area contributed by atoms with Gasteiger partial charge in [0.05, 0.1) is 0 Å². The van der Waals surface area contributed by atoms with E-state index in [1.54, 1.807) is 6.92 Å². The van der Waals surface area contributed by atoms with Crippen molar-refractivity contribution in [2.24, 2.45) is 5.73 Å². The maximum absolute atomic E-state index is 12.9. The fraction of sp³-hybridized carbons (Fsp3) is 0.400. The Hall–Kier alpha value is -0.670. The fourth-order valence-corrected chi connectivity index (χ4v) is 1.52. The largest absolute Gasteiger partial charge is 0.322 e. The Kier molecular flexibility index (Phi) is 3.12. The minimum absolute atomic E-state index is 0.163. The van der Waals surface area contributed by atoms with E-state index in [0.717, 1.165) is 12.1 Å². The summed E-state index contributed by atoms with van der Waals surface area (Å²) >= 11 is 5.78. The summed E-state index contributed by atoms with van der Waals surface area (Å²) in [5, 5.41) is 0.163. The van der Waals surface area contributed by atoms with Crippen LogP contribution in [0.25, 0.3) is 0 Å². The molecule has 0 fully saturated rings. The van der Waals surface area contributed by atoms with Gasteiger partial charge in [-0.25, -0.2) is 8.78 Å². The predicted octanol–water partition coefficient (Wildman–Crippen LogP) is 3.20. The lowest BCUT2D eigenvalue weighted by Crippen LogP contribution is -2.32. The third-order valence-electron chi connectivity index (χ3n) is 2.36. The highest BCUT2D eigenvalue weighted by molar-refractivity contribution is 6.31. The summed E-state index contributed by atoms with van der Waals surface area (Å²) in [4.78, 5) is 0. The number of nitrogens with two attached hydrogens (primary N) is 1. The van der Waals surface area contributed by atoms with Crippen molar-refractivity contribution in [2.45, 2.75) is 25.8 Å². The van der Waals surface area contributed by atoms with Gasteiger partial charge < -0.3 is 5.73 Å². The maximum Gasteiger partial charge on any atom is 0.160 e. The summed E-state index contributed by atoms with van der Waals surface area (Å²) in [7, 11) is 0. The van der Waals surface area contributed by atoms with Crippen molar-refractivity contribution < 1.29 is 8.78 Å². The molecule has 1 aromatic rings. The smallest absolute Gasteiger partial charge is 0.160 e. The van der Waals surface area contributed by atoms with Crippen molar-refractivity contribution in [1.29, 1.82) is 0 Å². The summed E-state index contributed by atoms with van der Waals surface area (Å²) in [6.07, 6.45) is 0.595. The van der Waals surface area contributed by atoms with Crippen molar-refractivity contribution in [3.63, 3.8) is 0 Å². The summed E-state index contributed by atoms with van der Waals surface area (Å²) in [6, 6.07) is 2.01. The van der Waals surface area contributed by atoms with Crippen LogP contribution in [0.5, 0.6) is 0 Å². The third kappa shape index (κ3) is 2.04. The number of halogens is 3. The van der Waals surface area contributed by atoms with E-state index in [1.165, 1.54) is 0 Å². The molecule has 1 nitrogen and oxygen atoms in total. The second kappa shape index (κ2) is 3.83. The highest BCUT2D eigenvalue weighted by atomic mass is 35.5. The van der Waals surface area contributed by atoms with Crippen molar-refractivity contribution in [1.82, 2.24) is 0 Å². The Morgan fingerprint density at radius 1 is 1.36 bits per heavy atom. The molecule has 0 aliphatic rings. The minimum atomic E-state index is -0.953. The molecule has 0 aromatic heterocycles. The minimum Gasteiger partial charge on any atom is -0.322 e. The van der Waals surface area contributed by atoms with Gasteiger partial charge in [-0.05, 0) is 31.0 Å². The number of hydrogen-bond donors (Lipinski definition) is 1. The van der Waals surface area contributed by atoms with Gasteiger partial charge in [0.25, 0.3) is 0 Å². The molecule has 0 aliphatic heterocycles. The van der Waals surface area contributed by atoms with Crippen molar-refractivity contribution in [3.05, 3.63) is 34.4 Å². The lowest BCUT2D eigenvalue weighted by molar-refractivity contribution is 0.461. The van der Waals surface area contributed by atoms with Crippen molar-refractivity contribution >= 4 is 11.6 Å². The van der Waals surface area contributed by atoms with Crippen LogP contribution < -0.4 is 5.73 Å². The van der Waals surface area contributed by atoms with E-state index in [1.807, 2.05) is 6.92 Å². The number of rotatable bonds is 2. The van der Waals surface area contributed by atoms with Gasteiger partial charge in [0, 0.05) is 10.6 Å². The third-order valence-corrected chi connectivity index (χ3v) is 2.67. The molecule has 0 radical (unpaired) electrons. The molecule has 0 unspecified atom stereocenters. The quantitative estimate of drug-likeness (QED) is 0.760. The SMILES string of the molecule is CC[C@](C)(N)c1cc(F)c(F)cc1Cl. The zero-order valence-corrected chi connectivity index (χ0v) is 8.83. The highest BCUT2D eigenvalue weighted by Gasteiger charge is 2.23. The lowest BCUT2D eigenvalue weighted by atomic mass is 9.90. The zero-order valence-electron chi connectivity index (χ0n) is 8.07. The summed E-state index contributed by atoms with van der Waals surface area (Å²) < 4.78 is 25.7. The molecule has 2 N–H and O–H groups in total. The molecule has 14 heavy (non-hydrogen) atoms. The predicted molar refractivity (Wildman–Crippen MR) is 53.2 cm³/mol. The van der Waals surface area contributed by atoms with Crippen LogP contribution in [0.4, 0.5) is 8.78 Å². The second-order valence-electron chi connectivity index (χ2n) is 3.52. The van der Waals surface area contributed by atoms with Gasteiger partial charge in [0.1, 0.15) is 0 Å². The number of hydrogen-bond acceptors (Lipinski definition) is 1. The molecule has 0 aliphatic carbocycles. The number of benzene rings is 1. The average Bonchev–Trinajstić information content (AvgIpc) is 2.11. The summed E-state index contributed by atoms with van der Waals surface area (Å²) in [5.41, 5.74) is 5.58. The average molecular weight is 220 g/mol. The van der Waals surface area contributed by atoms with Crippen molar-refractivity contribution in [2.75, 3.05) is 0 Å². The first-order valence-electron chi connectivity index (χ1n) is 4.32. The Bertz CT molecular complexity index is 350. The first-order chi connectivity index (χ1) is 6.38. The second-order valence-corrected chi connectivity index (χ2v) is 3.92. The van der Waals surface area contributed by atoms with Crippen LogP contribution in [-0.4, -0.2) is 0 Å². The first-order valence-corrected chi connectivity index (χ1v) is 4.70. The molecule has 0 spiro atoms. The van der Waals surface area contributed by atoms with Crippen LogP contribution in [0.3, 0.4) is 0 Å². The molecule has 0 bridgehead atoms. The normalized spacial score (nSPS) is 15.3. The standard InChI is InChI=1S/C10H12ClF2N/c1-3-10(2,14)6-4-8(12)9(13)5-7(6)11/h4-5H,3,14H2,1-2H3/t10-/m0/s1. The lowest BCUT2D eigenvalue weighted by Gasteiger charge is -2.24. The molecule has 0 saturated carbocycles. The Balaban J connectivity index is 3.29. The zero-order chi connectivity index (χ0) is 10.9. The summed E-state index contributed by atoms with van der Waals surface area (Å²) in [6.45, 7) is 3.59. The molecular weight excluding hydrogens is 208 g/mol. The van der Waals surface area contributed by atoms with E-state index < -0.39 is 17.2 Å². The van der Waals surface area contributed by atoms with E-state index in [-0.39, 0.29) is 5.02 Å². The van der Waals surface area contributed by atoms with Crippen LogP contribution in [0, 0.1) is 11.6 Å². The van der Waals surface area contributed by atoms with Crippen LogP contribution >= 0.6 is 11.6 Å². The maximum atomic E-state index is 12.9. The van der Waals surface area contributed by atoms with Crippen LogP contribution in [-0.2, 0) is 5.54 Å². The van der Waals surface area contributed by atoms with E-state index in [0.29, 0.717) is 12.0 Å². The van der Waals surface area contributed by atoms with Gasteiger partial charge in [0.15, 0.2) is 11.6 Å². The molecule has 1 aromatic carbocycles. The van der Waals surface area contributed by atoms with Gasteiger partial charge in [-0.15, -0.1) is 0 Å². The Morgan fingerprint density at radius 3 is 2.36 bits per heavy atom. The first kappa shape index (κ1) is 11.4. The van der Waals surface area contributed by atoms with Gasteiger partial charge in [-0.2, -0.15) is 0 Å². The monoisotopic (exact) mass is 219 g/mol. The van der Waals surface area contributed by atoms with Gasteiger partial charge in [-0.1, -0.05) is 18.5 Å². The molecular formula is C10H12ClF2N. The highest BCUT2D eigenvalue weighted by Crippen LogP contribution is 2.30. The topological polar surface area (TPSA) is 26.0 Å². The summed E-state index contributed by atoms with van der Waals surface area (Å²) in [5.74, 6) is -1.87. The molecule has 4 heteroatoms. The Labute approximate surface area is 86.9 Å². The van der Waals surface area contributed by atoms with E-state index in [4.69, 9.17) is 17.3 Å². The van der Waals surface area contributed by atoms with Crippen LogP contribution in [0.2, 0.25) is 5.02 Å². The molecule has 78 valence electrons. The van der Waals surface area contributed by atoms with Crippen LogP contribution in [0.15, 0.2) is 12.1 Å². The molecule has 0 saturated heterocycles. The molecule has 1 atom stereocenters. The van der Waals surface area contributed by atoms with E-state index in [2.05, 4.69) is 0 Å². The Morgan fingerprint density at radius 2 is 1.86 bits per heavy atom. The van der Waals surface area contributed by atoms with Crippen LogP contribution in [0.1, 0.15) is 25.8 Å².